The molecule has 5 heteroatoms. The predicted molar refractivity (Wildman–Crippen MR) is 111 cm³/mol. The number of nitrogens with zero attached hydrogens (tertiary/aromatic N) is 2. The Morgan fingerprint density at radius 2 is 1.93 bits per heavy atom. The van der Waals surface area contributed by atoms with Crippen molar-refractivity contribution in [1.82, 2.24) is 20.4 Å². The molecule has 2 aromatic rings. The topological polar surface area (TPSA) is 59.0 Å². The normalized spacial score (nSPS) is 14.4. The van der Waals surface area contributed by atoms with Crippen LogP contribution >= 0.6 is 0 Å². The van der Waals surface area contributed by atoms with Gasteiger partial charge in [-0.1, -0.05) is 32.4 Å². The van der Waals surface area contributed by atoms with E-state index in [1.165, 1.54) is 12.0 Å². The van der Waals surface area contributed by atoms with Crippen LogP contribution in [-0.2, 0) is 13.6 Å². The first-order chi connectivity index (χ1) is 13.0. The first-order valence-electron chi connectivity index (χ1n) is 10.1. The Morgan fingerprint density at radius 1 is 1.26 bits per heavy atom. The number of piperidine rings is 1. The third-order valence-electron chi connectivity index (χ3n) is 5.04. The summed E-state index contributed by atoms with van der Waals surface area (Å²) < 4.78 is 1.86. The van der Waals surface area contributed by atoms with Gasteiger partial charge in [-0.3, -0.25) is 9.48 Å². The van der Waals surface area contributed by atoms with E-state index in [-0.39, 0.29) is 5.91 Å². The monoisotopic (exact) mass is 370 g/mol. The van der Waals surface area contributed by atoms with Crippen molar-refractivity contribution in [2.75, 3.05) is 13.1 Å². The van der Waals surface area contributed by atoms with Crippen LogP contribution < -0.4 is 10.6 Å². The second kappa shape index (κ2) is 10.3. The molecule has 2 heterocycles. The highest BCUT2D eigenvalue weighted by Crippen LogP contribution is 2.25. The zero-order valence-electron chi connectivity index (χ0n) is 17.4. The zero-order valence-corrected chi connectivity index (χ0v) is 17.4. The van der Waals surface area contributed by atoms with Crippen LogP contribution in [0.5, 0.6) is 0 Å². The van der Waals surface area contributed by atoms with Crippen molar-refractivity contribution >= 4 is 5.91 Å². The van der Waals surface area contributed by atoms with Crippen molar-refractivity contribution < 1.29 is 4.79 Å². The van der Waals surface area contributed by atoms with Crippen molar-refractivity contribution in [3.8, 4) is 0 Å². The third-order valence-corrected chi connectivity index (χ3v) is 5.04. The summed E-state index contributed by atoms with van der Waals surface area (Å²) in [5.74, 6) is 0.537. The molecular weight excluding hydrogens is 336 g/mol. The Hall–Kier alpha value is -2.14. The first kappa shape index (κ1) is 21.2. The molecule has 0 unspecified atom stereocenters. The number of benzene rings is 1. The van der Waals surface area contributed by atoms with Crippen LogP contribution in [0.15, 0.2) is 24.3 Å². The molecule has 0 radical (unpaired) electrons. The summed E-state index contributed by atoms with van der Waals surface area (Å²) in [5, 5.41) is 10.8. The molecule has 5 nitrogen and oxygen atoms in total. The molecule has 1 fully saturated rings. The minimum absolute atomic E-state index is 0.0200. The number of carbonyl (C=O) groups is 1. The van der Waals surface area contributed by atoms with Crippen molar-refractivity contribution in [2.45, 2.75) is 59.4 Å². The van der Waals surface area contributed by atoms with E-state index in [2.05, 4.69) is 35.6 Å². The Morgan fingerprint density at radius 3 is 2.52 bits per heavy atom. The molecule has 1 aliphatic heterocycles. The Labute approximate surface area is 163 Å². The molecule has 2 N–H and O–H groups in total. The second-order valence-corrected chi connectivity index (χ2v) is 7.31. The SMILES string of the molecule is CCC.Cc1nn(C)c(C)c1CNC(=O)c1cccc(C2CCNCC2)c1. The van der Waals surface area contributed by atoms with E-state index in [0.29, 0.717) is 12.5 Å². The Kier molecular flexibility index (Phi) is 8.04. The molecule has 1 saturated heterocycles. The summed E-state index contributed by atoms with van der Waals surface area (Å²) in [6, 6.07) is 8.08. The standard InChI is InChI=1S/C19H26N4O.C3H8/c1-13-18(14(2)23(3)22-13)12-21-19(24)17-6-4-5-16(11-17)15-7-9-20-10-8-15;1-3-2/h4-6,11,15,20H,7-10,12H2,1-3H3,(H,21,24);3H2,1-2H3. The molecule has 0 aliphatic carbocycles. The van der Waals surface area contributed by atoms with Gasteiger partial charge < -0.3 is 10.6 Å². The van der Waals surface area contributed by atoms with Gasteiger partial charge in [0.2, 0.25) is 0 Å². The highest BCUT2D eigenvalue weighted by atomic mass is 16.1. The minimum Gasteiger partial charge on any atom is -0.348 e. The molecule has 0 bridgehead atoms. The van der Waals surface area contributed by atoms with Crippen LogP contribution in [0.1, 0.15) is 71.9 Å². The van der Waals surface area contributed by atoms with Gasteiger partial charge in [-0.15, -0.1) is 0 Å². The molecule has 27 heavy (non-hydrogen) atoms. The van der Waals surface area contributed by atoms with E-state index in [1.807, 2.05) is 43.8 Å². The summed E-state index contributed by atoms with van der Waals surface area (Å²) in [6.45, 7) is 10.9. The maximum atomic E-state index is 12.5. The van der Waals surface area contributed by atoms with Crippen LogP contribution in [0, 0.1) is 13.8 Å². The third kappa shape index (κ3) is 5.67. The van der Waals surface area contributed by atoms with E-state index >= 15 is 0 Å². The van der Waals surface area contributed by atoms with Crippen molar-refractivity contribution in [3.63, 3.8) is 0 Å². The zero-order chi connectivity index (χ0) is 19.8. The first-order valence-corrected chi connectivity index (χ1v) is 10.1. The number of aryl methyl sites for hydroxylation is 2. The van der Waals surface area contributed by atoms with Gasteiger partial charge in [-0.2, -0.15) is 5.10 Å². The number of aromatic nitrogens is 2. The number of hydrogen-bond donors (Lipinski definition) is 2. The molecule has 0 spiro atoms. The fraction of sp³-hybridized carbons (Fsp3) is 0.545. The molecule has 0 saturated carbocycles. The summed E-state index contributed by atoms with van der Waals surface area (Å²) in [6.07, 6.45) is 3.53. The molecule has 1 aliphatic rings. The van der Waals surface area contributed by atoms with Crippen molar-refractivity contribution in [2.24, 2.45) is 7.05 Å². The largest absolute Gasteiger partial charge is 0.348 e. The molecule has 1 aromatic carbocycles. The van der Waals surface area contributed by atoms with E-state index in [1.54, 1.807) is 0 Å². The van der Waals surface area contributed by atoms with Gasteiger partial charge in [0.15, 0.2) is 0 Å². The lowest BCUT2D eigenvalue weighted by Crippen LogP contribution is -2.27. The van der Waals surface area contributed by atoms with Crippen LogP contribution in [0.3, 0.4) is 0 Å². The van der Waals surface area contributed by atoms with Crippen LogP contribution in [-0.4, -0.2) is 28.8 Å². The van der Waals surface area contributed by atoms with Gasteiger partial charge in [0.25, 0.3) is 5.91 Å². The highest BCUT2D eigenvalue weighted by molar-refractivity contribution is 5.94. The molecule has 1 aromatic heterocycles. The number of amides is 1. The number of carbonyl (C=O) groups excluding carboxylic acids is 1. The fourth-order valence-corrected chi connectivity index (χ4v) is 3.43. The number of nitrogens with one attached hydrogen (secondary N) is 2. The smallest absolute Gasteiger partial charge is 0.251 e. The van der Waals surface area contributed by atoms with Gasteiger partial charge >= 0.3 is 0 Å². The van der Waals surface area contributed by atoms with Crippen LogP contribution in [0.25, 0.3) is 0 Å². The summed E-state index contributed by atoms with van der Waals surface area (Å²) in [5.41, 5.74) is 5.18. The lowest BCUT2D eigenvalue weighted by atomic mass is 9.89. The maximum Gasteiger partial charge on any atom is 0.251 e. The van der Waals surface area contributed by atoms with Gasteiger partial charge in [0.1, 0.15) is 0 Å². The Bertz CT molecular complexity index is 745. The van der Waals surface area contributed by atoms with Gasteiger partial charge in [0.05, 0.1) is 5.69 Å². The number of hydrogen-bond acceptors (Lipinski definition) is 3. The number of rotatable bonds is 4. The van der Waals surface area contributed by atoms with Crippen molar-refractivity contribution in [3.05, 3.63) is 52.3 Å². The highest BCUT2D eigenvalue weighted by Gasteiger charge is 2.17. The average Bonchev–Trinajstić information content (AvgIpc) is 2.93. The average molecular weight is 371 g/mol. The minimum atomic E-state index is -0.0200. The van der Waals surface area contributed by atoms with E-state index < -0.39 is 0 Å². The van der Waals surface area contributed by atoms with E-state index in [9.17, 15) is 4.79 Å². The summed E-state index contributed by atoms with van der Waals surface area (Å²) >= 11 is 0. The van der Waals surface area contributed by atoms with E-state index in [4.69, 9.17) is 0 Å². The Balaban J connectivity index is 0.000000817. The maximum absolute atomic E-state index is 12.5. The van der Waals surface area contributed by atoms with Crippen molar-refractivity contribution in [1.29, 1.82) is 0 Å². The quantitative estimate of drug-likeness (QED) is 0.859. The second-order valence-electron chi connectivity index (χ2n) is 7.31. The molecular formula is C22H34N4O. The molecule has 148 valence electrons. The van der Waals surface area contributed by atoms with Gasteiger partial charge in [0, 0.05) is 30.4 Å². The van der Waals surface area contributed by atoms with Crippen LogP contribution in [0.2, 0.25) is 0 Å². The molecule has 1 amide bonds. The fourth-order valence-electron chi connectivity index (χ4n) is 3.43. The summed E-state index contributed by atoms with van der Waals surface area (Å²) in [4.78, 5) is 12.5. The predicted octanol–water partition coefficient (Wildman–Crippen LogP) is 3.85. The summed E-state index contributed by atoms with van der Waals surface area (Å²) in [7, 11) is 1.93. The molecule has 0 atom stereocenters. The lowest BCUT2D eigenvalue weighted by molar-refractivity contribution is 0.0950. The van der Waals surface area contributed by atoms with Gasteiger partial charge in [-0.05, 0) is 63.4 Å². The lowest BCUT2D eigenvalue weighted by Gasteiger charge is -2.23. The van der Waals surface area contributed by atoms with Gasteiger partial charge in [-0.25, -0.2) is 0 Å². The van der Waals surface area contributed by atoms with E-state index in [0.717, 1.165) is 48.4 Å². The molecule has 3 rings (SSSR count). The van der Waals surface area contributed by atoms with Crippen LogP contribution in [0.4, 0.5) is 0 Å².